The zero-order valence-corrected chi connectivity index (χ0v) is 14.6. The molecule has 1 atom stereocenters. The van der Waals surface area contributed by atoms with Crippen LogP contribution < -0.4 is 0 Å². The molecule has 136 valence electrons. The van der Waals surface area contributed by atoms with Gasteiger partial charge in [0, 0.05) is 6.92 Å². The number of carbonyl (C=O) groups excluding carboxylic acids is 2. The normalized spacial score (nSPS) is 15.7. The van der Waals surface area contributed by atoms with E-state index < -0.39 is 41.5 Å². The van der Waals surface area contributed by atoms with E-state index in [4.69, 9.17) is 4.74 Å². The van der Waals surface area contributed by atoms with E-state index in [-0.39, 0.29) is 6.42 Å². The van der Waals surface area contributed by atoms with Crippen molar-refractivity contribution in [1.82, 2.24) is 0 Å². The highest BCUT2D eigenvalue weighted by atomic mass is 19.3. The third kappa shape index (κ3) is 7.67. The van der Waals surface area contributed by atoms with Crippen molar-refractivity contribution in [2.24, 2.45) is 5.41 Å². The molecule has 0 heterocycles. The lowest BCUT2D eigenvalue weighted by atomic mass is 9.91. The van der Waals surface area contributed by atoms with Crippen molar-refractivity contribution in [3.8, 4) is 0 Å². The topological polar surface area (TPSA) is 61.8 Å². The summed E-state index contributed by atoms with van der Waals surface area (Å²) in [6.07, 6.45) is 0.278. The number of esters is 2. The van der Waals surface area contributed by atoms with E-state index in [1.807, 2.05) is 0 Å². The molecule has 23 heavy (non-hydrogen) atoms. The highest BCUT2D eigenvalue weighted by Crippen LogP contribution is 2.30. The van der Waals surface area contributed by atoms with Crippen LogP contribution in [0.2, 0.25) is 0 Å². The lowest BCUT2D eigenvalue weighted by Gasteiger charge is -2.30. The minimum atomic E-state index is -3.74. The van der Waals surface area contributed by atoms with Gasteiger partial charge in [0.1, 0.15) is 12.2 Å². The van der Waals surface area contributed by atoms with E-state index >= 15 is 0 Å². The van der Waals surface area contributed by atoms with Crippen LogP contribution in [-0.2, 0) is 23.8 Å². The second kappa shape index (κ2) is 7.07. The molecule has 1 unspecified atom stereocenters. The van der Waals surface area contributed by atoms with Crippen LogP contribution in [0, 0.1) is 5.41 Å². The van der Waals surface area contributed by atoms with Crippen LogP contribution in [0.5, 0.6) is 0 Å². The fourth-order valence-corrected chi connectivity index (χ4v) is 1.09. The zero-order chi connectivity index (χ0) is 18.7. The molecule has 0 fully saturated rings. The molecule has 0 aromatic carbocycles. The first kappa shape index (κ1) is 21.7. The molecule has 0 aromatic rings. The highest BCUT2D eigenvalue weighted by Gasteiger charge is 2.51. The molecule has 0 rings (SSSR count). The first-order valence-corrected chi connectivity index (χ1v) is 7.20. The van der Waals surface area contributed by atoms with Crippen molar-refractivity contribution in [2.75, 3.05) is 6.61 Å². The summed E-state index contributed by atoms with van der Waals surface area (Å²) in [6, 6.07) is -3.74. The minimum absolute atomic E-state index is 0.278. The van der Waals surface area contributed by atoms with Crippen molar-refractivity contribution in [3.63, 3.8) is 0 Å². The van der Waals surface area contributed by atoms with Crippen LogP contribution in [0.15, 0.2) is 0 Å². The van der Waals surface area contributed by atoms with Gasteiger partial charge in [-0.1, -0.05) is 6.92 Å². The predicted molar refractivity (Wildman–Crippen MR) is 76.4 cm³/mol. The first-order chi connectivity index (χ1) is 10.0. The lowest BCUT2D eigenvalue weighted by molar-refractivity contribution is -0.315. The van der Waals surface area contributed by atoms with Gasteiger partial charge < -0.3 is 9.47 Å². The number of ether oxygens (including phenoxy) is 3. The van der Waals surface area contributed by atoms with Crippen LogP contribution in [0.3, 0.4) is 0 Å². The Morgan fingerprint density at radius 2 is 1.35 bits per heavy atom. The second-order valence-electron chi connectivity index (χ2n) is 7.02. The van der Waals surface area contributed by atoms with Gasteiger partial charge in [-0.05, 0) is 41.0 Å². The molecule has 0 spiro atoms. The summed E-state index contributed by atoms with van der Waals surface area (Å²) < 4.78 is 54.0. The number of carbonyl (C=O) groups is 2. The van der Waals surface area contributed by atoms with Crippen LogP contribution in [-0.4, -0.2) is 36.1 Å². The first-order valence-electron chi connectivity index (χ1n) is 7.20. The van der Waals surface area contributed by atoms with Gasteiger partial charge in [0.15, 0.2) is 0 Å². The summed E-state index contributed by atoms with van der Waals surface area (Å²) in [7, 11) is 0. The number of alkyl halides is 3. The molecule has 0 saturated carbocycles. The molecule has 0 bridgehead atoms. The standard InChI is InChI=1S/C15H25F3O5/c1-8-13(5,6)10(19)23-15(18,21-9-14(7,16)17)11(20)22-12(2,3)4/h8-9H2,1-7H3. The van der Waals surface area contributed by atoms with E-state index in [1.165, 1.54) is 34.6 Å². The Hall–Kier alpha value is -1.31. The molecule has 5 nitrogen and oxygen atoms in total. The van der Waals surface area contributed by atoms with E-state index in [1.54, 1.807) is 6.92 Å². The van der Waals surface area contributed by atoms with Gasteiger partial charge in [-0.25, -0.2) is 13.6 Å². The Balaban J connectivity index is 5.37. The zero-order valence-electron chi connectivity index (χ0n) is 14.6. The number of rotatable bonds is 7. The highest BCUT2D eigenvalue weighted by molar-refractivity contribution is 5.83. The molecule has 0 aliphatic rings. The molecule has 0 N–H and O–H groups in total. The largest absolute Gasteiger partial charge is 0.469 e. The summed E-state index contributed by atoms with van der Waals surface area (Å²) in [4.78, 5) is 23.9. The molecule has 8 heteroatoms. The predicted octanol–water partition coefficient (Wildman–Crippen LogP) is 3.60. The molecule has 0 aromatic heterocycles. The van der Waals surface area contributed by atoms with Crippen LogP contribution in [0.4, 0.5) is 13.2 Å². The third-order valence-corrected chi connectivity index (χ3v) is 2.81. The van der Waals surface area contributed by atoms with E-state index in [0.717, 1.165) is 0 Å². The number of halogens is 3. The van der Waals surface area contributed by atoms with Crippen molar-refractivity contribution in [2.45, 2.75) is 72.5 Å². The van der Waals surface area contributed by atoms with Gasteiger partial charge in [0.2, 0.25) is 0 Å². The van der Waals surface area contributed by atoms with Gasteiger partial charge in [0.25, 0.3) is 5.92 Å². The van der Waals surface area contributed by atoms with Gasteiger partial charge in [-0.3, -0.25) is 9.53 Å². The summed E-state index contributed by atoms with van der Waals surface area (Å²) in [6.45, 7) is 7.91. The Bertz CT molecular complexity index is 437. The van der Waals surface area contributed by atoms with Crippen LogP contribution in [0.1, 0.15) is 54.9 Å². The average molecular weight is 342 g/mol. The third-order valence-electron chi connectivity index (χ3n) is 2.81. The molecule has 0 aliphatic carbocycles. The summed E-state index contributed by atoms with van der Waals surface area (Å²) in [5.41, 5.74) is -2.25. The number of hydrogen-bond acceptors (Lipinski definition) is 5. The van der Waals surface area contributed by atoms with E-state index in [2.05, 4.69) is 9.47 Å². The summed E-state index contributed by atoms with van der Waals surface area (Å²) in [5, 5.41) is 0. The Morgan fingerprint density at radius 3 is 1.70 bits per heavy atom. The minimum Gasteiger partial charge on any atom is -0.453 e. The fraction of sp³-hybridized carbons (Fsp3) is 0.867. The number of hydrogen-bond donors (Lipinski definition) is 0. The molecule has 0 radical (unpaired) electrons. The van der Waals surface area contributed by atoms with E-state index in [0.29, 0.717) is 6.92 Å². The maximum Gasteiger partial charge on any atom is 0.469 e. The Morgan fingerprint density at radius 1 is 0.870 bits per heavy atom. The van der Waals surface area contributed by atoms with Crippen molar-refractivity contribution in [3.05, 3.63) is 0 Å². The molecular formula is C15H25F3O5. The second-order valence-corrected chi connectivity index (χ2v) is 7.02. The molecule has 0 saturated heterocycles. The van der Waals surface area contributed by atoms with Crippen LogP contribution >= 0.6 is 0 Å². The molecule has 0 aliphatic heterocycles. The van der Waals surface area contributed by atoms with Gasteiger partial charge in [-0.2, -0.15) is 4.39 Å². The lowest BCUT2D eigenvalue weighted by Crippen LogP contribution is -2.49. The summed E-state index contributed by atoms with van der Waals surface area (Å²) in [5.74, 6) is -6.23. The van der Waals surface area contributed by atoms with Gasteiger partial charge >= 0.3 is 18.0 Å². The van der Waals surface area contributed by atoms with E-state index in [9.17, 15) is 22.8 Å². The van der Waals surface area contributed by atoms with Crippen molar-refractivity contribution < 1.29 is 37.0 Å². The Kier molecular flexibility index (Phi) is 6.66. The summed E-state index contributed by atoms with van der Waals surface area (Å²) >= 11 is 0. The van der Waals surface area contributed by atoms with Gasteiger partial charge in [-0.15, -0.1) is 0 Å². The molecular weight excluding hydrogens is 317 g/mol. The quantitative estimate of drug-likeness (QED) is 0.522. The average Bonchev–Trinajstić information content (AvgIpc) is 2.33. The monoisotopic (exact) mass is 342 g/mol. The molecule has 0 amide bonds. The maximum atomic E-state index is 14.7. The van der Waals surface area contributed by atoms with Crippen molar-refractivity contribution in [1.29, 1.82) is 0 Å². The van der Waals surface area contributed by atoms with Gasteiger partial charge in [0.05, 0.1) is 5.41 Å². The Labute approximate surface area is 134 Å². The van der Waals surface area contributed by atoms with Crippen LogP contribution in [0.25, 0.3) is 0 Å². The van der Waals surface area contributed by atoms with Crippen molar-refractivity contribution >= 4 is 11.9 Å². The fourth-order valence-electron chi connectivity index (χ4n) is 1.09. The smallest absolute Gasteiger partial charge is 0.453 e. The SMILES string of the molecule is CCC(C)(C)C(=O)OC(F)(OCC(C)(F)F)C(=O)OC(C)(C)C. The maximum absolute atomic E-state index is 14.7.